The molecule has 2 aromatic rings. The van der Waals surface area contributed by atoms with Crippen molar-refractivity contribution in [2.24, 2.45) is 0 Å². The van der Waals surface area contributed by atoms with Gasteiger partial charge in [0.1, 0.15) is 5.75 Å². The summed E-state index contributed by atoms with van der Waals surface area (Å²) < 4.78 is 5.23. The standard InChI is InChI=1S/C20H25N3O3/c1-4-23(13-19(24)21-16-10-6-5-9-15(16)2)14-20(25)22-17-11-7-8-12-18(17)26-3/h5-12H,4,13-14H2,1-3H3,(H,21,24)(H,22,25). The van der Waals surface area contributed by atoms with Gasteiger partial charge in [0, 0.05) is 5.69 Å². The highest BCUT2D eigenvalue weighted by atomic mass is 16.5. The van der Waals surface area contributed by atoms with Crippen molar-refractivity contribution in [2.45, 2.75) is 13.8 Å². The zero-order valence-corrected chi connectivity index (χ0v) is 15.4. The van der Waals surface area contributed by atoms with Crippen LogP contribution in [0.5, 0.6) is 5.75 Å². The molecule has 2 N–H and O–H groups in total. The average molecular weight is 355 g/mol. The van der Waals surface area contributed by atoms with Gasteiger partial charge >= 0.3 is 0 Å². The van der Waals surface area contributed by atoms with E-state index in [-0.39, 0.29) is 24.9 Å². The quantitative estimate of drug-likeness (QED) is 0.764. The Hall–Kier alpha value is -2.86. The van der Waals surface area contributed by atoms with E-state index >= 15 is 0 Å². The van der Waals surface area contributed by atoms with Gasteiger partial charge in [-0.1, -0.05) is 37.3 Å². The molecular formula is C20H25N3O3. The van der Waals surface area contributed by atoms with Gasteiger partial charge in [0.25, 0.3) is 0 Å². The van der Waals surface area contributed by atoms with Crippen molar-refractivity contribution in [1.82, 2.24) is 4.90 Å². The molecule has 6 heteroatoms. The van der Waals surface area contributed by atoms with E-state index in [4.69, 9.17) is 4.74 Å². The van der Waals surface area contributed by atoms with E-state index in [1.807, 2.05) is 50.2 Å². The molecule has 2 aromatic carbocycles. The normalized spacial score (nSPS) is 10.5. The lowest BCUT2D eigenvalue weighted by Gasteiger charge is -2.20. The number of carbonyl (C=O) groups is 2. The first-order valence-electron chi connectivity index (χ1n) is 8.54. The minimum Gasteiger partial charge on any atom is -0.495 e. The number of ether oxygens (including phenoxy) is 1. The van der Waals surface area contributed by atoms with Gasteiger partial charge in [0.15, 0.2) is 0 Å². The largest absolute Gasteiger partial charge is 0.495 e. The number of carbonyl (C=O) groups excluding carboxylic acids is 2. The first-order valence-corrected chi connectivity index (χ1v) is 8.54. The Morgan fingerprint density at radius 1 is 0.923 bits per heavy atom. The van der Waals surface area contributed by atoms with Crippen molar-refractivity contribution in [3.63, 3.8) is 0 Å². The Morgan fingerprint density at radius 3 is 2.04 bits per heavy atom. The number of methoxy groups -OCH3 is 1. The molecule has 2 amide bonds. The van der Waals surface area contributed by atoms with E-state index in [0.29, 0.717) is 18.0 Å². The summed E-state index contributed by atoms with van der Waals surface area (Å²) >= 11 is 0. The Kier molecular flexibility index (Phi) is 7.17. The molecule has 0 atom stereocenters. The first kappa shape index (κ1) is 19.5. The van der Waals surface area contributed by atoms with Gasteiger partial charge < -0.3 is 15.4 Å². The average Bonchev–Trinajstić information content (AvgIpc) is 2.63. The number of benzene rings is 2. The maximum absolute atomic E-state index is 12.3. The molecule has 138 valence electrons. The Balaban J connectivity index is 1.91. The van der Waals surface area contributed by atoms with Gasteiger partial charge in [-0.25, -0.2) is 0 Å². The van der Waals surface area contributed by atoms with E-state index in [9.17, 15) is 9.59 Å². The van der Waals surface area contributed by atoms with E-state index < -0.39 is 0 Å². The highest BCUT2D eigenvalue weighted by Crippen LogP contribution is 2.22. The maximum atomic E-state index is 12.3. The van der Waals surface area contributed by atoms with Crippen LogP contribution in [0.15, 0.2) is 48.5 Å². The number of amides is 2. The fourth-order valence-electron chi connectivity index (χ4n) is 2.53. The summed E-state index contributed by atoms with van der Waals surface area (Å²) in [5.74, 6) is 0.257. The lowest BCUT2D eigenvalue weighted by molar-refractivity contribution is -0.119. The Morgan fingerprint density at radius 2 is 1.46 bits per heavy atom. The monoisotopic (exact) mass is 355 g/mol. The summed E-state index contributed by atoms with van der Waals surface area (Å²) in [5.41, 5.74) is 2.39. The summed E-state index contributed by atoms with van der Waals surface area (Å²) in [4.78, 5) is 26.3. The molecule has 0 heterocycles. The Bertz CT molecular complexity index is 761. The zero-order valence-electron chi connectivity index (χ0n) is 15.4. The molecule has 0 fully saturated rings. The highest BCUT2D eigenvalue weighted by molar-refractivity contribution is 5.95. The molecular weight excluding hydrogens is 330 g/mol. The second-order valence-corrected chi connectivity index (χ2v) is 5.91. The van der Waals surface area contributed by atoms with Crippen LogP contribution in [0.1, 0.15) is 12.5 Å². The smallest absolute Gasteiger partial charge is 0.238 e. The lowest BCUT2D eigenvalue weighted by Crippen LogP contribution is -2.38. The van der Waals surface area contributed by atoms with Gasteiger partial charge in [-0.05, 0) is 37.2 Å². The third-order valence-electron chi connectivity index (χ3n) is 3.98. The minimum atomic E-state index is -0.194. The van der Waals surface area contributed by atoms with Crippen LogP contribution in [0.25, 0.3) is 0 Å². The van der Waals surface area contributed by atoms with Crippen LogP contribution in [-0.2, 0) is 9.59 Å². The molecule has 2 rings (SSSR count). The van der Waals surface area contributed by atoms with E-state index in [0.717, 1.165) is 11.3 Å². The molecule has 0 radical (unpaired) electrons. The number of anilines is 2. The molecule has 0 saturated heterocycles. The van der Waals surface area contributed by atoms with Crippen molar-refractivity contribution in [2.75, 3.05) is 37.4 Å². The van der Waals surface area contributed by atoms with Crippen LogP contribution in [0.3, 0.4) is 0 Å². The zero-order chi connectivity index (χ0) is 18.9. The number of nitrogens with zero attached hydrogens (tertiary/aromatic N) is 1. The number of aryl methyl sites for hydroxylation is 1. The van der Waals surface area contributed by atoms with Crippen LogP contribution in [0.4, 0.5) is 11.4 Å². The maximum Gasteiger partial charge on any atom is 0.238 e. The molecule has 0 aromatic heterocycles. The second-order valence-electron chi connectivity index (χ2n) is 5.91. The van der Waals surface area contributed by atoms with Gasteiger partial charge in [-0.15, -0.1) is 0 Å². The molecule has 0 aliphatic carbocycles. The van der Waals surface area contributed by atoms with Crippen molar-refractivity contribution in [3.8, 4) is 5.75 Å². The van der Waals surface area contributed by atoms with Crippen molar-refractivity contribution >= 4 is 23.2 Å². The molecule has 0 aliphatic heterocycles. The van der Waals surface area contributed by atoms with Crippen LogP contribution in [0, 0.1) is 6.92 Å². The molecule has 0 bridgehead atoms. The molecule has 0 spiro atoms. The summed E-state index contributed by atoms with van der Waals surface area (Å²) in [6, 6.07) is 14.8. The van der Waals surface area contributed by atoms with Crippen molar-refractivity contribution in [3.05, 3.63) is 54.1 Å². The molecule has 26 heavy (non-hydrogen) atoms. The number of nitrogens with one attached hydrogen (secondary N) is 2. The van der Waals surface area contributed by atoms with Crippen LogP contribution < -0.4 is 15.4 Å². The van der Waals surface area contributed by atoms with E-state index in [1.165, 1.54) is 0 Å². The van der Waals surface area contributed by atoms with Gasteiger partial charge in [0.2, 0.25) is 11.8 Å². The Labute approximate surface area is 154 Å². The molecule has 0 aliphatic rings. The fourth-order valence-corrected chi connectivity index (χ4v) is 2.53. The summed E-state index contributed by atoms with van der Waals surface area (Å²) in [7, 11) is 1.55. The van der Waals surface area contributed by atoms with Crippen molar-refractivity contribution < 1.29 is 14.3 Å². The third-order valence-corrected chi connectivity index (χ3v) is 3.98. The van der Waals surface area contributed by atoms with Crippen LogP contribution >= 0.6 is 0 Å². The third kappa shape index (κ3) is 5.60. The second kappa shape index (κ2) is 9.58. The number of hydrogen-bond acceptors (Lipinski definition) is 4. The summed E-state index contributed by atoms with van der Waals surface area (Å²) in [6.45, 7) is 4.70. The topological polar surface area (TPSA) is 70.7 Å². The van der Waals surface area contributed by atoms with E-state index in [1.54, 1.807) is 24.1 Å². The first-order chi connectivity index (χ1) is 12.5. The minimum absolute atomic E-state index is 0.121. The molecule has 0 unspecified atom stereocenters. The predicted molar refractivity (Wildman–Crippen MR) is 104 cm³/mol. The molecule has 6 nitrogen and oxygen atoms in total. The van der Waals surface area contributed by atoms with Crippen molar-refractivity contribution in [1.29, 1.82) is 0 Å². The number of likely N-dealkylation sites (N-methyl/N-ethyl adjacent to an activating group) is 1. The lowest BCUT2D eigenvalue weighted by atomic mass is 10.2. The summed E-state index contributed by atoms with van der Waals surface area (Å²) in [5, 5.41) is 5.70. The van der Waals surface area contributed by atoms with E-state index in [2.05, 4.69) is 10.6 Å². The van der Waals surface area contributed by atoms with Crippen LogP contribution in [0.2, 0.25) is 0 Å². The number of para-hydroxylation sites is 3. The fraction of sp³-hybridized carbons (Fsp3) is 0.300. The number of rotatable bonds is 8. The summed E-state index contributed by atoms with van der Waals surface area (Å²) in [6.07, 6.45) is 0. The SMILES string of the molecule is CCN(CC(=O)Nc1ccccc1C)CC(=O)Nc1ccccc1OC. The number of hydrogen-bond donors (Lipinski definition) is 2. The molecule has 0 saturated carbocycles. The van der Waals surface area contributed by atoms with Gasteiger partial charge in [-0.2, -0.15) is 0 Å². The van der Waals surface area contributed by atoms with Crippen LogP contribution in [-0.4, -0.2) is 43.5 Å². The van der Waals surface area contributed by atoms with Gasteiger partial charge in [0.05, 0.1) is 25.9 Å². The highest BCUT2D eigenvalue weighted by Gasteiger charge is 2.15. The predicted octanol–water partition coefficient (Wildman–Crippen LogP) is 2.90. The van der Waals surface area contributed by atoms with Gasteiger partial charge in [-0.3, -0.25) is 14.5 Å².